The first kappa shape index (κ1) is 24.1. The molecule has 162 valence electrons. The van der Waals surface area contributed by atoms with E-state index >= 15 is 0 Å². The Labute approximate surface area is 181 Å². The van der Waals surface area contributed by atoms with Gasteiger partial charge in [0.2, 0.25) is 6.29 Å². The zero-order valence-electron chi connectivity index (χ0n) is 18.5. The average molecular weight is 427 g/mol. The molecule has 0 bridgehead atoms. The van der Waals surface area contributed by atoms with Crippen LogP contribution in [0.3, 0.4) is 0 Å². The highest BCUT2D eigenvalue weighted by Gasteiger charge is 2.37. The highest BCUT2D eigenvalue weighted by atomic mass is 28.3. The summed E-state index contributed by atoms with van der Waals surface area (Å²) in [6.45, 7) is 13.1. The molecule has 3 atom stereocenters. The van der Waals surface area contributed by atoms with Crippen molar-refractivity contribution in [2.45, 2.75) is 57.9 Å². The van der Waals surface area contributed by atoms with Gasteiger partial charge in [0.15, 0.2) is 0 Å². The third-order valence-corrected chi connectivity index (χ3v) is 9.58. The van der Waals surface area contributed by atoms with Crippen molar-refractivity contribution >= 4 is 19.2 Å². The highest BCUT2D eigenvalue weighted by molar-refractivity contribution is 6.91. The van der Waals surface area contributed by atoms with Crippen LogP contribution in [0.2, 0.25) is 18.6 Å². The number of benzene rings is 2. The van der Waals surface area contributed by atoms with Crippen molar-refractivity contribution in [3.8, 4) is 0 Å². The third-order valence-electron chi connectivity index (χ3n) is 5.38. The van der Waals surface area contributed by atoms with Crippen LogP contribution in [0.1, 0.15) is 25.8 Å². The van der Waals surface area contributed by atoms with Crippen molar-refractivity contribution in [1.29, 1.82) is 0 Å². The molecular formula is C25H34O4Si. The van der Waals surface area contributed by atoms with Crippen molar-refractivity contribution in [2.75, 3.05) is 6.61 Å². The average Bonchev–Trinajstić information content (AvgIpc) is 2.72. The largest absolute Gasteiger partial charge is 0.436 e. The molecule has 0 saturated carbocycles. The molecule has 0 aliphatic rings. The predicted octanol–water partition coefficient (Wildman–Crippen LogP) is 5.06. The van der Waals surface area contributed by atoms with Crippen molar-refractivity contribution in [3.05, 3.63) is 78.9 Å². The fourth-order valence-electron chi connectivity index (χ4n) is 3.74. The Kier molecular flexibility index (Phi) is 9.50. The lowest BCUT2D eigenvalue weighted by Gasteiger charge is -2.36. The van der Waals surface area contributed by atoms with Gasteiger partial charge in [0.25, 0.3) is 0 Å². The van der Waals surface area contributed by atoms with Gasteiger partial charge in [-0.25, -0.2) is 0 Å². The molecule has 0 aliphatic carbocycles. The molecule has 1 unspecified atom stereocenters. The maximum Gasteiger partial charge on any atom is 0.304 e. The van der Waals surface area contributed by atoms with E-state index in [0.29, 0.717) is 19.6 Å². The van der Waals surface area contributed by atoms with Crippen molar-refractivity contribution < 1.29 is 19.0 Å². The summed E-state index contributed by atoms with van der Waals surface area (Å²) in [6, 6.07) is 20.5. The maximum atomic E-state index is 11.6. The normalized spacial score (nSPS) is 14.5. The third kappa shape index (κ3) is 7.24. The molecule has 2 rings (SSSR count). The van der Waals surface area contributed by atoms with Crippen LogP contribution in [0.25, 0.3) is 0 Å². The number of esters is 1. The van der Waals surface area contributed by atoms with Crippen molar-refractivity contribution in [2.24, 2.45) is 0 Å². The quantitative estimate of drug-likeness (QED) is 0.156. The zero-order valence-corrected chi connectivity index (χ0v) is 19.5. The van der Waals surface area contributed by atoms with Gasteiger partial charge in [-0.1, -0.05) is 85.0 Å². The van der Waals surface area contributed by atoms with Crippen LogP contribution in [0, 0.1) is 0 Å². The Morgan fingerprint density at radius 3 is 2.23 bits per heavy atom. The molecule has 0 saturated heterocycles. The van der Waals surface area contributed by atoms with Crippen LogP contribution in [0.5, 0.6) is 0 Å². The molecule has 30 heavy (non-hydrogen) atoms. The fourth-order valence-corrected chi connectivity index (χ4v) is 7.02. The molecule has 0 amide bonds. The minimum atomic E-state index is -1.88. The number of rotatable bonds is 12. The Morgan fingerprint density at radius 2 is 1.67 bits per heavy atom. The van der Waals surface area contributed by atoms with E-state index < -0.39 is 14.4 Å². The summed E-state index contributed by atoms with van der Waals surface area (Å²) in [5.74, 6) is -0.357. The van der Waals surface area contributed by atoms with E-state index in [1.165, 1.54) is 12.1 Å². The second-order valence-electron chi connectivity index (χ2n) is 8.06. The SMILES string of the molecule is C=C[C@@H]([C@@H](C)OC(CCOCc1ccccc1)OC(C)=O)[Si](C)(C)c1ccccc1. The molecule has 4 nitrogen and oxygen atoms in total. The molecule has 0 spiro atoms. The van der Waals surface area contributed by atoms with E-state index in [1.807, 2.05) is 49.4 Å². The number of hydrogen-bond acceptors (Lipinski definition) is 4. The number of ether oxygens (including phenoxy) is 3. The van der Waals surface area contributed by atoms with E-state index in [4.69, 9.17) is 14.2 Å². The van der Waals surface area contributed by atoms with Gasteiger partial charge in [-0.2, -0.15) is 0 Å². The minimum absolute atomic E-state index is 0.136. The smallest absolute Gasteiger partial charge is 0.304 e. The zero-order chi connectivity index (χ0) is 22.0. The van der Waals surface area contributed by atoms with Crippen LogP contribution < -0.4 is 5.19 Å². The monoisotopic (exact) mass is 426 g/mol. The lowest BCUT2D eigenvalue weighted by atomic mass is 10.2. The second kappa shape index (κ2) is 11.8. The van der Waals surface area contributed by atoms with Crippen molar-refractivity contribution in [3.63, 3.8) is 0 Å². The molecule has 0 aromatic heterocycles. The van der Waals surface area contributed by atoms with Gasteiger partial charge in [0, 0.05) is 18.9 Å². The summed E-state index contributed by atoms with van der Waals surface area (Å²) in [5.41, 5.74) is 1.28. The van der Waals surface area contributed by atoms with Gasteiger partial charge in [0.05, 0.1) is 27.4 Å². The Morgan fingerprint density at radius 1 is 1.07 bits per heavy atom. The lowest BCUT2D eigenvalue weighted by Crippen LogP contribution is -2.49. The number of hydrogen-bond donors (Lipinski definition) is 0. The molecule has 2 aromatic carbocycles. The fraction of sp³-hybridized carbons (Fsp3) is 0.400. The molecule has 0 fully saturated rings. The van der Waals surface area contributed by atoms with Crippen LogP contribution in [-0.2, 0) is 25.6 Å². The van der Waals surface area contributed by atoms with E-state index in [1.54, 1.807) is 0 Å². The van der Waals surface area contributed by atoms with E-state index in [0.717, 1.165) is 5.56 Å². The second-order valence-corrected chi connectivity index (χ2v) is 12.7. The predicted molar refractivity (Wildman–Crippen MR) is 124 cm³/mol. The number of carbonyl (C=O) groups excluding carboxylic acids is 1. The van der Waals surface area contributed by atoms with E-state index in [9.17, 15) is 4.79 Å². The van der Waals surface area contributed by atoms with Crippen molar-refractivity contribution in [1.82, 2.24) is 0 Å². The van der Waals surface area contributed by atoms with Gasteiger partial charge in [-0.05, 0) is 12.5 Å². The summed E-state index contributed by atoms with van der Waals surface area (Å²) < 4.78 is 17.4. The molecule has 0 N–H and O–H groups in total. The first-order valence-electron chi connectivity index (χ1n) is 10.5. The minimum Gasteiger partial charge on any atom is -0.436 e. The molecule has 0 radical (unpaired) electrons. The van der Waals surface area contributed by atoms with Crippen LogP contribution in [0.15, 0.2) is 73.3 Å². The molecule has 0 heterocycles. The standard InChI is InChI=1S/C25H34O4Si/c1-6-24(30(4,5)23-15-11-8-12-16-23)20(2)28-25(29-21(3)26)17-18-27-19-22-13-9-7-10-14-22/h6-16,20,24-25H,1,17-19H2,2-5H3/t20-,24+,25?/m1/s1. The molecule has 0 aliphatic heterocycles. The van der Waals surface area contributed by atoms with Gasteiger partial charge >= 0.3 is 5.97 Å². The highest BCUT2D eigenvalue weighted by Crippen LogP contribution is 2.30. The molecule has 2 aromatic rings. The summed E-state index contributed by atoms with van der Waals surface area (Å²) in [4.78, 5) is 11.6. The summed E-state index contributed by atoms with van der Waals surface area (Å²) in [5, 5.41) is 1.35. The van der Waals surface area contributed by atoms with Gasteiger partial charge < -0.3 is 14.2 Å². The van der Waals surface area contributed by atoms with Crippen LogP contribution in [-0.4, -0.2) is 33.0 Å². The lowest BCUT2D eigenvalue weighted by molar-refractivity contribution is -0.190. The summed E-state index contributed by atoms with van der Waals surface area (Å²) in [6.07, 6.45) is 1.69. The van der Waals surface area contributed by atoms with E-state index in [2.05, 4.69) is 43.9 Å². The Hall–Kier alpha value is -2.21. The Balaban J connectivity index is 1.97. The number of carbonyl (C=O) groups is 1. The van der Waals surface area contributed by atoms with Crippen LogP contribution in [0.4, 0.5) is 0 Å². The maximum absolute atomic E-state index is 11.6. The first-order valence-corrected chi connectivity index (χ1v) is 13.5. The van der Waals surface area contributed by atoms with E-state index in [-0.39, 0.29) is 17.6 Å². The van der Waals surface area contributed by atoms with Crippen LogP contribution >= 0.6 is 0 Å². The topological polar surface area (TPSA) is 44.8 Å². The van der Waals surface area contributed by atoms with Gasteiger partial charge in [-0.15, -0.1) is 6.58 Å². The molecule has 5 heteroatoms. The molecular weight excluding hydrogens is 392 g/mol. The summed E-state index contributed by atoms with van der Waals surface area (Å²) in [7, 11) is -1.88. The summed E-state index contributed by atoms with van der Waals surface area (Å²) >= 11 is 0. The van der Waals surface area contributed by atoms with Gasteiger partial charge in [0.1, 0.15) is 0 Å². The first-order chi connectivity index (χ1) is 14.3. The van der Waals surface area contributed by atoms with Gasteiger partial charge in [-0.3, -0.25) is 4.79 Å². The Bertz CT molecular complexity index is 776.